The minimum absolute atomic E-state index is 0.298. The van der Waals surface area contributed by atoms with Crippen molar-refractivity contribution in [1.29, 1.82) is 0 Å². The predicted octanol–water partition coefficient (Wildman–Crippen LogP) is 4.43. The van der Waals surface area contributed by atoms with E-state index in [1.807, 2.05) is 42.5 Å². The van der Waals surface area contributed by atoms with Crippen molar-refractivity contribution < 1.29 is 9.53 Å². The van der Waals surface area contributed by atoms with Crippen LogP contribution >= 0.6 is 9.39 Å². The van der Waals surface area contributed by atoms with Gasteiger partial charge in [-0.1, -0.05) is 44.2 Å². The molecule has 1 aromatic heterocycles. The van der Waals surface area contributed by atoms with Crippen LogP contribution in [0.4, 0.5) is 0 Å². The quantitative estimate of drug-likeness (QED) is 0.606. The molecule has 0 amide bonds. The van der Waals surface area contributed by atoms with Gasteiger partial charge in [-0.2, -0.15) is 0 Å². The van der Waals surface area contributed by atoms with Crippen LogP contribution in [0.5, 0.6) is 0 Å². The molecule has 1 heterocycles. The number of carbonyl (C=O) groups excluding carboxylic acids is 1. The number of aromatic nitrogens is 1. The number of benzene rings is 1. The van der Waals surface area contributed by atoms with Crippen LogP contribution < -0.4 is 0 Å². The van der Waals surface area contributed by atoms with Crippen molar-refractivity contribution in [2.75, 3.05) is 7.11 Å². The fraction of sp³-hybridized carbons (Fsp3) is 0.278. The van der Waals surface area contributed by atoms with Crippen LogP contribution in [0.1, 0.15) is 47.6 Å². The van der Waals surface area contributed by atoms with E-state index in [9.17, 15) is 4.79 Å². The molecule has 2 aromatic rings. The Morgan fingerprint density at radius 1 is 1.23 bits per heavy atom. The molecule has 1 aromatic carbocycles. The second-order valence-electron chi connectivity index (χ2n) is 4.85. The average Bonchev–Trinajstić information content (AvgIpc) is 3.11. The Labute approximate surface area is 134 Å². The molecule has 3 nitrogen and oxygen atoms in total. The summed E-state index contributed by atoms with van der Waals surface area (Å²) in [5.41, 5.74) is 5.36. The SMILES string of the molecule is CC.COC(=O)c1cc2c(n1P)/C(=C/c1ccccc1)CC2. The first-order valence-corrected chi connectivity index (χ1v) is 8.06. The van der Waals surface area contributed by atoms with E-state index in [1.54, 1.807) is 0 Å². The number of nitrogens with zero attached hydrogens (tertiary/aromatic N) is 1. The van der Waals surface area contributed by atoms with E-state index in [4.69, 9.17) is 4.74 Å². The lowest BCUT2D eigenvalue weighted by Crippen LogP contribution is -2.05. The van der Waals surface area contributed by atoms with E-state index in [0.29, 0.717) is 5.69 Å². The fourth-order valence-electron chi connectivity index (χ4n) is 2.67. The molecular formula is C18H22NO2P. The van der Waals surface area contributed by atoms with Gasteiger partial charge in [0.15, 0.2) is 0 Å². The van der Waals surface area contributed by atoms with Gasteiger partial charge in [0.05, 0.1) is 12.8 Å². The number of aryl methyl sites for hydroxylation is 1. The van der Waals surface area contributed by atoms with Gasteiger partial charge in [0.1, 0.15) is 5.69 Å². The van der Waals surface area contributed by atoms with Gasteiger partial charge in [0.25, 0.3) is 0 Å². The number of hydrogen-bond donors (Lipinski definition) is 0. The molecule has 3 rings (SSSR count). The number of allylic oxidation sites excluding steroid dienone is 1. The lowest BCUT2D eigenvalue weighted by molar-refractivity contribution is 0.0593. The van der Waals surface area contributed by atoms with E-state index in [2.05, 4.69) is 27.6 Å². The lowest BCUT2D eigenvalue weighted by atomic mass is 10.1. The first-order valence-electron chi connectivity index (χ1n) is 7.54. The minimum atomic E-state index is -0.298. The minimum Gasteiger partial charge on any atom is -0.464 e. The third kappa shape index (κ3) is 3.15. The van der Waals surface area contributed by atoms with Crippen LogP contribution in [0.2, 0.25) is 0 Å². The van der Waals surface area contributed by atoms with Crippen molar-refractivity contribution in [3.05, 3.63) is 58.9 Å². The van der Waals surface area contributed by atoms with Crippen molar-refractivity contribution in [1.82, 2.24) is 4.34 Å². The maximum absolute atomic E-state index is 11.7. The highest BCUT2D eigenvalue weighted by molar-refractivity contribution is 7.14. The monoisotopic (exact) mass is 315 g/mol. The van der Waals surface area contributed by atoms with Gasteiger partial charge in [-0.05, 0) is 51.1 Å². The zero-order chi connectivity index (χ0) is 16.1. The van der Waals surface area contributed by atoms with Gasteiger partial charge in [0, 0.05) is 0 Å². The summed E-state index contributed by atoms with van der Waals surface area (Å²) in [5.74, 6) is -0.298. The van der Waals surface area contributed by atoms with Crippen molar-refractivity contribution in [3.8, 4) is 0 Å². The molecule has 116 valence electrons. The highest BCUT2D eigenvalue weighted by Gasteiger charge is 2.25. The number of fused-ring (bicyclic) bond motifs is 1. The normalized spacial score (nSPS) is 14.3. The van der Waals surface area contributed by atoms with Crippen molar-refractivity contribution in [2.45, 2.75) is 26.7 Å². The second-order valence-corrected chi connectivity index (χ2v) is 5.36. The van der Waals surface area contributed by atoms with Crippen LogP contribution in [-0.4, -0.2) is 17.4 Å². The van der Waals surface area contributed by atoms with Crippen molar-refractivity contribution in [2.24, 2.45) is 0 Å². The van der Waals surface area contributed by atoms with Crippen LogP contribution in [0.15, 0.2) is 36.4 Å². The number of hydrogen-bond acceptors (Lipinski definition) is 2. The summed E-state index contributed by atoms with van der Waals surface area (Å²) in [6.45, 7) is 4.00. The average molecular weight is 315 g/mol. The summed E-state index contributed by atoms with van der Waals surface area (Å²) in [6, 6.07) is 12.2. The molecule has 0 bridgehead atoms. The van der Waals surface area contributed by atoms with Crippen LogP contribution in [0.3, 0.4) is 0 Å². The molecule has 22 heavy (non-hydrogen) atoms. The van der Waals surface area contributed by atoms with E-state index in [1.165, 1.54) is 23.8 Å². The van der Waals surface area contributed by atoms with E-state index < -0.39 is 0 Å². The Balaban J connectivity index is 0.000000847. The van der Waals surface area contributed by atoms with E-state index in [-0.39, 0.29) is 5.97 Å². The summed E-state index contributed by atoms with van der Waals surface area (Å²) in [5, 5.41) is 0. The summed E-state index contributed by atoms with van der Waals surface area (Å²) in [4.78, 5) is 11.7. The number of ether oxygens (including phenoxy) is 1. The molecule has 0 saturated heterocycles. The van der Waals surface area contributed by atoms with Crippen LogP contribution in [0, 0.1) is 0 Å². The zero-order valence-electron chi connectivity index (χ0n) is 13.3. The summed E-state index contributed by atoms with van der Waals surface area (Å²) >= 11 is 0. The number of rotatable bonds is 2. The molecule has 4 heteroatoms. The van der Waals surface area contributed by atoms with Gasteiger partial charge < -0.3 is 9.07 Å². The Kier molecular flexibility index (Phi) is 5.57. The van der Waals surface area contributed by atoms with Gasteiger partial charge in [-0.15, -0.1) is 0 Å². The van der Waals surface area contributed by atoms with Crippen LogP contribution in [-0.2, 0) is 11.2 Å². The van der Waals surface area contributed by atoms with Crippen LogP contribution in [0.25, 0.3) is 11.6 Å². The Bertz CT molecular complexity index is 687. The lowest BCUT2D eigenvalue weighted by Gasteiger charge is -2.07. The highest BCUT2D eigenvalue weighted by Crippen LogP contribution is 2.37. The molecule has 0 radical (unpaired) electrons. The van der Waals surface area contributed by atoms with E-state index in [0.717, 1.165) is 18.5 Å². The van der Waals surface area contributed by atoms with E-state index >= 15 is 0 Å². The summed E-state index contributed by atoms with van der Waals surface area (Å²) in [6.07, 6.45) is 4.17. The highest BCUT2D eigenvalue weighted by atomic mass is 31.0. The van der Waals surface area contributed by atoms with Crippen molar-refractivity contribution >= 4 is 27.0 Å². The molecule has 0 spiro atoms. The molecule has 1 atom stereocenters. The Morgan fingerprint density at radius 2 is 1.91 bits per heavy atom. The maximum Gasteiger partial charge on any atom is 0.354 e. The Hall–Kier alpha value is -1.86. The third-order valence-electron chi connectivity index (χ3n) is 3.62. The van der Waals surface area contributed by atoms with Gasteiger partial charge in [-0.3, -0.25) is 0 Å². The van der Waals surface area contributed by atoms with Gasteiger partial charge in [0.2, 0.25) is 0 Å². The number of esters is 1. The number of carbonyl (C=O) groups is 1. The molecule has 1 aliphatic carbocycles. The first kappa shape index (κ1) is 16.5. The molecule has 1 unspecified atom stereocenters. The topological polar surface area (TPSA) is 31.2 Å². The number of methoxy groups -OCH3 is 1. The van der Waals surface area contributed by atoms with Crippen molar-refractivity contribution in [3.63, 3.8) is 0 Å². The largest absolute Gasteiger partial charge is 0.464 e. The third-order valence-corrected chi connectivity index (χ3v) is 4.15. The molecular weight excluding hydrogens is 293 g/mol. The standard InChI is InChI=1S/C16H16NO2P.C2H6/c1-19-16(18)14-10-13-8-7-12(15(13)17(14)20)9-11-5-3-2-4-6-11;1-2/h2-6,9-10H,7-8,20H2,1H3;1-2H3/b12-9+;. The molecule has 0 fully saturated rings. The fourth-order valence-corrected chi connectivity index (χ4v) is 3.18. The molecule has 0 aliphatic heterocycles. The molecule has 1 aliphatic rings. The molecule has 0 N–H and O–H groups in total. The van der Waals surface area contributed by atoms with Gasteiger partial charge >= 0.3 is 5.97 Å². The summed E-state index contributed by atoms with van der Waals surface area (Å²) in [7, 11) is 4.02. The predicted molar refractivity (Wildman–Crippen MR) is 94.9 cm³/mol. The molecule has 0 saturated carbocycles. The Morgan fingerprint density at radius 3 is 2.55 bits per heavy atom. The smallest absolute Gasteiger partial charge is 0.354 e. The first-order chi connectivity index (χ1) is 10.7. The van der Waals surface area contributed by atoms with Gasteiger partial charge in [-0.25, -0.2) is 4.79 Å². The maximum atomic E-state index is 11.7. The summed E-state index contributed by atoms with van der Waals surface area (Å²) < 4.78 is 6.68. The zero-order valence-corrected chi connectivity index (χ0v) is 14.5. The second kappa shape index (κ2) is 7.42.